The number of aliphatic imine (C=N–C) groups is 1. The quantitative estimate of drug-likeness (QED) is 0.481. The molecule has 170 valence electrons. The van der Waals surface area contributed by atoms with Gasteiger partial charge >= 0.3 is 0 Å². The van der Waals surface area contributed by atoms with Crippen molar-refractivity contribution < 1.29 is 9.47 Å². The highest BCUT2D eigenvalue weighted by molar-refractivity contribution is 7.10. The van der Waals surface area contributed by atoms with E-state index in [0.717, 1.165) is 55.6 Å². The predicted molar refractivity (Wildman–Crippen MR) is 130 cm³/mol. The molecule has 1 aliphatic heterocycles. The summed E-state index contributed by atoms with van der Waals surface area (Å²) < 4.78 is 10.8. The molecule has 0 radical (unpaired) electrons. The summed E-state index contributed by atoms with van der Waals surface area (Å²) in [6, 6.07) is 11.1. The number of thiophene rings is 1. The Morgan fingerprint density at radius 1 is 1.19 bits per heavy atom. The molecule has 0 bridgehead atoms. The van der Waals surface area contributed by atoms with Crippen LogP contribution in [0.25, 0.3) is 0 Å². The van der Waals surface area contributed by atoms with E-state index in [9.17, 15) is 0 Å². The summed E-state index contributed by atoms with van der Waals surface area (Å²) in [5, 5.41) is 9.26. The number of guanidine groups is 1. The maximum absolute atomic E-state index is 5.42. The second-order valence-corrected chi connectivity index (χ2v) is 8.90. The van der Waals surface area contributed by atoms with Gasteiger partial charge in [0, 0.05) is 61.5 Å². The first kappa shape index (κ1) is 23.2. The summed E-state index contributed by atoms with van der Waals surface area (Å²) in [7, 11) is 9.44. The largest absolute Gasteiger partial charge is 0.497 e. The second kappa shape index (κ2) is 11.2. The average molecular weight is 446 g/mol. The van der Waals surface area contributed by atoms with Gasteiger partial charge in [-0.1, -0.05) is 6.07 Å². The van der Waals surface area contributed by atoms with Gasteiger partial charge in [-0.3, -0.25) is 4.99 Å². The lowest BCUT2D eigenvalue weighted by atomic mass is 10.0. The molecular formula is C23H35N5O2S. The van der Waals surface area contributed by atoms with Crippen LogP contribution in [0, 0.1) is 0 Å². The summed E-state index contributed by atoms with van der Waals surface area (Å²) in [5.74, 6) is 2.51. The third-order valence-electron chi connectivity index (χ3n) is 5.72. The summed E-state index contributed by atoms with van der Waals surface area (Å²) >= 11 is 1.79. The number of likely N-dealkylation sites (N-methyl/N-ethyl adjacent to an activating group) is 1. The number of hydrogen-bond acceptors (Lipinski definition) is 6. The number of benzene rings is 1. The molecule has 1 unspecified atom stereocenters. The van der Waals surface area contributed by atoms with Gasteiger partial charge in [0.15, 0.2) is 5.96 Å². The molecule has 1 aliphatic rings. The van der Waals surface area contributed by atoms with Gasteiger partial charge in [-0.25, -0.2) is 0 Å². The smallest absolute Gasteiger partial charge is 0.191 e. The highest BCUT2D eigenvalue weighted by Gasteiger charge is 2.22. The number of ether oxygens (including phenoxy) is 2. The molecule has 2 aromatic rings. The summed E-state index contributed by atoms with van der Waals surface area (Å²) in [6.07, 6.45) is 2.09. The van der Waals surface area contributed by atoms with Crippen LogP contribution in [0.5, 0.6) is 11.5 Å². The number of rotatable bonds is 8. The zero-order valence-electron chi connectivity index (χ0n) is 19.2. The van der Waals surface area contributed by atoms with Gasteiger partial charge in [-0.05, 0) is 38.4 Å². The van der Waals surface area contributed by atoms with Crippen molar-refractivity contribution in [1.29, 1.82) is 0 Å². The first-order chi connectivity index (χ1) is 15.0. The van der Waals surface area contributed by atoms with Crippen molar-refractivity contribution >= 4 is 23.0 Å². The van der Waals surface area contributed by atoms with E-state index in [1.54, 1.807) is 25.6 Å². The minimum atomic E-state index is 0.323. The van der Waals surface area contributed by atoms with E-state index >= 15 is 0 Å². The van der Waals surface area contributed by atoms with Crippen molar-refractivity contribution in [2.45, 2.75) is 24.9 Å². The van der Waals surface area contributed by atoms with Crippen LogP contribution >= 0.6 is 11.3 Å². The number of piperidine rings is 1. The fraction of sp³-hybridized carbons (Fsp3) is 0.522. The molecule has 0 saturated carbocycles. The van der Waals surface area contributed by atoms with Gasteiger partial charge in [0.2, 0.25) is 0 Å². The van der Waals surface area contributed by atoms with Crippen LogP contribution in [0.4, 0.5) is 5.69 Å². The summed E-state index contributed by atoms with van der Waals surface area (Å²) in [4.78, 5) is 10.4. The minimum absolute atomic E-state index is 0.323. The molecule has 2 heterocycles. The Bertz CT molecular complexity index is 810. The molecule has 31 heavy (non-hydrogen) atoms. The van der Waals surface area contributed by atoms with Gasteiger partial charge in [0.25, 0.3) is 0 Å². The number of nitrogens with zero attached hydrogens (tertiary/aromatic N) is 3. The van der Waals surface area contributed by atoms with E-state index < -0.39 is 0 Å². The fourth-order valence-corrected chi connectivity index (χ4v) is 4.78. The van der Waals surface area contributed by atoms with E-state index in [2.05, 4.69) is 69.2 Å². The van der Waals surface area contributed by atoms with Crippen LogP contribution in [0.3, 0.4) is 0 Å². The molecule has 1 atom stereocenters. The Kier molecular flexibility index (Phi) is 8.43. The highest BCUT2D eigenvalue weighted by atomic mass is 32.1. The Morgan fingerprint density at radius 3 is 2.39 bits per heavy atom. The van der Waals surface area contributed by atoms with Gasteiger partial charge in [0.1, 0.15) is 11.5 Å². The molecule has 7 nitrogen and oxygen atoms in total. The van der Waals surface area contributed by atoms with Crippen LogP contribution in [0.15, 0.2) is 40.7 Å². The van der Waals surface area contributed by atoms with E-state index in [1.807, 2.05) is 13.1 Å². The van der Waals surface area contributed by atoms with Crippen molar-refractivity contribution in [3.63, 3.8) is 0 Å². The molecule has 8 heteroatoms. The molecule has 0 amide bonds. The number of methoxy groups -OCH3 is 2. The lowest BCUT2D eigenvalue weighted by Crippen LogP contribution is -2.49. The molecule has 0 spiro atoms. The van der Waals surface area contributed by atoms with Crippen LogP contribution < -0.4 is 25.0 Å². The van der Waals surface area contributed by atoms with Crippen molar-refractivity contribution in [2.24, 2.45) is 4.99 Å². The molecule has 1 aromatic heterocycles. The van der Waals surface area contributed by atoms with Crippen molar-refractivity contribution in [2.75, 3.05) is 59.9 Å². The number of nitrogens with one attached hydrogen (secondary N) is 2. The molecule has 1 fully saturated rings. The third-order valence-corrected chi connectivity index (χ3v) is 6.69. The van der Waals surface area contributed by atoms with Gasteiger partial charge in [0.05, 0.1) is 20.3 Å². The first-order valence-electron chi connectivity index (χ1n) is 10.7. The molecule has 0 aliphatic carbocycles. The predicted octanol–water partition coefficient (Wildman–Crippen LogP) is 3.20. The number of anilines is 1. The van der Waals surface area contributed by atoms with Crippen LogP contribution in [-0.2, 0) is 0 Å². The first-order valence-corrected chi connectivity index (χ1v) is 11.6. The topological polar surface area (TPSA) is 61.4 Å². The standard InChI is InChI=1S/C23H35N5O2S/c1-24-23(25-16-21(27(2)3)22-7-6-12-31-22)26-17-8-10-28(11-9-17)18-13-19(29-4)15-20(14-18)30-5/h6-7,12-15,17,21H,8-11,16H2,1-5H3,(H2,24,25,26). The lowest BCUT2D eigenvalue weighted by Gasteiger charge is -2.35. The normalized spacial score (nSPS) is 16.3. The molecule has 1 saturated heterocycles. The monoisotopic (exact) mass is 445 g/mol. The van der Waals surface area contributed by atoms with Crippen LogP contribution in [0.2, 0.25) is 0 Å². The zero-order valence-corrected chi connectivity index (χ0v) is 20.0. The SMILES string of the molecule is CN=C(NCC(c1cccs1)N(C)C)NC1CCN(c2cc(OC)cc(OC)c2)CC1. The Labute approximate surface area is 190 Å². The van der Waals surface area contributed by atoms with Gasteiger partial charge in [-0.15, -0.1) is 11.3 Å². The maximum atomic E-state index is 5.42. The Balaban J connectivity index is 1.52. The molecule has 1 aromatic carbocycles. The van der Waals surface area contributed by atoms with Gasteiger partial charge < -0.3 is 29.9 Å². The molecular weight excluding hydrogens is 410 g/mol. The van der Waals surface area contributed by atoms with E-state index in [4.69, 9.17) is 9.47 Å². The van der Waals surface area contributed by atoms with E-state index in [0.29, 0.717) is 12.1 Å². The highest BCUT2D eigenvalue weighted by Crippen LogP contribution is 2.30. The van der Waals surface area contributed by atoms with Crippen molar-refractivity contribution in [1.82, 2.24) is 15.5 Å². The number of hydrogen-bond donors (Lipinski definition) is 2. The van der Waals surface area contributed by atoms with E-state index in [1.165, 1.54) is 4.88 Å². The van der Waals surface area contributed by atoms with Crippen molar-refractivity contribution in [3.05, 3.63) is 40.6 Å². The zero-order chi connectivity index (χ0) is 22.2. The maximum Gasteiger partial charge on any atom is 0.191 e. The van der Waals surface area contributed by atoms with Crippen LogP contribution in [-0.4, -0.2) is 71.9 Å². The second-order valence-electron chi connectivity index (χ2n) is 7.92. The Hall–Kier alpha value is -2.45. The van der Waals surface area contributed by atoms with E-state index in [-0.39, 0.29) is 0 Å². The lowest BCUT2D eigenvalue weighted by molar-refractivity contribution is 0.302. The minimum Gasteiger partial charge on any atom is -0.497 e. The average Bonchev–Trinajstić information content (AvgIpc) is 3.32. The third kappa shape index (κ3) is 6.27. The summed E-state index contributed by atoms with van der Waals surface area (Å²) in [6.45, 7) is 2.76. The molecule has 3 rings (SSSR count). The Morgan fingerprint density at radius 2 is 1.87 bits per heavy atom. The molecule has 2 N–H and O–H groups in total. The fourth-order valence-electron chi connectivity index (χ4n) is 3.86. The van der Waals surface area contributed by atoms with Gasteiger partial charge in [-0.2, -0.15) is 0 Å². The van der Waals surface area contributed by atoms with Crippen LogP contribution in [0.1, 0.15) is 23.8 Å². The summed E-state index contributed by atoms with van der Waals surface area (Å²) in [5.41, 5.74) is 1.14. The van der Waals surface area contributed by atoms with Crippen molar-refractivity contribution in [3.8, 4) is 11.5 Å².